The van der Waals surface area contributed by atoms with E-state index in [-0.39, 0.29) is 22.3 Å². The average molecular weight is 478 g/mol. The van der Waals surface area contributed by atoms with Crippen LogP contribution in [0.15, 0.2) is 39.8 Å². The number of hydrogen-bond acceptors (Lipinski definition) is 7. The summed E-state index contributed by atoms with van der Waals surface area (Å²) in [6, 6.07) is 7.25. The molecule has 1 saturated heterocycles. The number of nitrogens with zero attached hydrogens (tertiary/aromatic N) is 2. The first-order chi connectivity index (χ1) is 15.7. The van der Waals surface area contributed by atoms with Crippen molar-refractivity contribution in [3.05, 3.63) is 41.7 Å². The Morgan fingerprint density at radius 3 is 2.76 bits per heavy atom. The average Bonchev–Trinajstić information content (AvgIpc) is 3.21. The van der Waals surface area contributed by atoms with Gasteiger partial charge >= 0.3 is 5.97 Å². The first kappa shape index (κ1) is 24.9. The van der Waals surface area contributed by atoms with Gasteiger partial charge in [0.2, 0.25) is 10.0 Å². The van der Waals surface area contributed by atoms with Crippen LogP contribution in [0.4, 0.5) is 5.82 Å². The van der Waals surface area contributed by atoms with E-state index in [2.05, 4.69) is 10.5 Å². The summed E-state index contributed by atoms with van der Waals surface area (Å²) in [6.45, 7) is 6.01. The van der Waals surface area contributed by atoms with Crippen molar-refractivity contribution in [1.82, 2.24) is 9.46 Å². The van der Waals surface area contributed by atoms with Gasteiger partial charge in [0.25, 0.3) is 5.91 Å². The largest absolute Gasteiger partial charge is 0.449 e. The van der Waals surface area contributed by atoms with Crippen LogP contribution in [0.2, 0.25) is 0 Å². The molecule has 2 heterocycles. The zero-order chi connectivity index (χ0) is 24.0. The van der Waals surface area contributed by atoms with E-state index in [0.717, 1.165) is 25.7 Å². The SMILES string of the molecule is CCCCC(OC(=O)c1cccc(S(=O)(=O)N2CCCCC2C)c1)C(=O)Nc1cc(C)on1. The number of unbranched alkanes of at least 4 members (excludes halogenated alkanes) is 1. The van der Waals surface area contributed by atoms with Crippen LogP contribution < -0.4 is 5.32 Å². The molecule has 2 unspecified atom stereocenters. The molecule has 3 rings (SSSR count). The summed E-state index contributed by atoms with van der Waals surface area (Å²) < 4.78 is 38.2. The van der Waals surface area contributed by atoms with E-state index >= 15 is 0 Å². The van der Waals surface area contributed by atoms with Gasteiger partial charge in [-0.3, -0.25) is 4.79 Å². The molecular weight excluding hydrogens is 446 g/mol. The third kappa shape index (κ3) is 6.20. The van der Waals surface area contributed by atoms with Crippen molar-refractivity contribution in [2.24, 2.45) is 0 Å². The fraction of sp³-hybridized carbons (Fsp3) is 0.522. The number of aromatic nitrogens is 1. The van der Waals surface area contributed by atoms with Crippen molar-refractivity contribution in [3.63, 3.8) is 0 Å². The summed E-state index contributed by atoms with van der Waals surface area (Å²) >= 11 is 0. The van der Waals surface area contributed by atoms with Crippen LogP contribution in [0.25, 0.3) is 0 Å². The number of piperidine rings is 1. The lowest BCUT2D eigenvalue weighted by molar-refractivity contribution is -0.125. The fourth-order valence-corrected chi connectivity index (χ4v) is 5.56. The monoisotopic (exact) mass is 477 g/mol. The molecule has 1 aromatic heterocycles. The number of sulfonamides is 1. The minimum atomic E-state index is -3.74. The summed E-state index contributed by atoms with van der Waals surface area (Å²) in [4.78, 5) is 25.6. The molecule has 180 valence electrons. The standard InChI is InChI=1S/C23H31N3O6S/c1-4-5-12-20(22(27)24-21-14-17(3)32-25-21)31-23(28)18-10-8-11-19(15-18)33(29,30)26-13-7-6-9-16(26)2/h8,10-11,14-16,20H,4-7,9,12-13H2,1-3H3,(H,24,25,27). The molecule has 2 atom stereocenters. The first-order valence-corrected chi connectivity index (χ1v) is 12.7. The molecule has 33 heavy (non-hydrogen) atoms. The Kier molecular flexibility index (Phi) is 8.25. The van der Waals surface area contributed by atoms with Gasteiger partial charge in [-0.25, -0.2) is 13.2 Å². The predicted octanol–water partition coefficient (Wildman–Crippen LogP) is 3.90. The van der Waals surface area contributed by atoms with E-state index in [1.165, 1.54) is 28.6 Å². The van der Waals surface area contributed by atoms with Crippen LogP contribution in [0, 0.1) is 6.92 Å². The summed E-state index contributed by atoms with van der Waals surface area (Å²) in [5.41, 5.74) is 0.0762. The Balaban J connectivity index is 1.76. The predicted molar refractivity (Wildman–Crippen MR) is 122 cm³/mol. The maximum Gasteiger partial charge on any atom is 0.338 e. The highest BCUT2D eigenvalue weighted by Gasteiger charge is 2.32. The molecule has 1 aromatic carbocycles. The minimum absolute atomic E-state index is 0.0401. The smallest absolute Gasteiger partial charge is 0.338 e. The highest BCUT2D eigenvalue weighted by molar-refractivity contribution is 7.89. The maximum absolute atomic E-state index is 13.1. The molecule has 9 nitrogen and oxygen atoms in total. The molecule has 0 radical (unpaired) electrons. The summed E-state index contributed by atoms with van der Waals surface area (Å²) in [7, 11) is -3.74. The van der Waals surface area contributed by atoms with E-state index in [0.29, 0.717) is 25.1 Å². The van der Waals surface area contributed by atoms with Crippen molar-refractivity contribution in [1.29, 1.82) is 0 Å². The van der Waals surface area contributed by atoms with Crippen LogP contribution in [0.1, 0.15) is 68.5 Å². The molecule has 1 amide bonds. The highest BCUT2D eigenvalue weighted by Crippen LogP contribution is 2.26. The Labute approximate surface area is 194 Å². The lowest BCUT2D eigenvalue weighted by Crippen LogP contribution is -2.41. The number of rotatable bonds is 9. The number of carbonyl (C=O) groups is 2. The quantitative estimate of drug-likeness (QED) is 0.544. The number of carbonyl (C=O) groups excluding carboxylic acids is 2. The van der Waals surface area contributed by atoms with Gasteiger partial charge in [-0.2, -0.15) is 4.31 Å². The second-order valence-corrected chi connectivity index (χ2v) is 10.2. The third-order valence-electron chi connectivity index (χ3n) is 5.66. The second kappa shape index (κ2) is 10.9. The number of amides is 1. The molecule has 2 aromatic rings. The summed E-state index contributed by atoms with van der Waals surface area (Å²) in [5.74, 6) is -0.505. The van der Waals surface area contributed by atoms with E-state index in [4.69, 9.17) is 9.26 Å². The Morgan fingerprint density at radius 2 is 2.09 bits per heavy atom. The van der Waals surface area contributed by atoms with Crippen LogP contribution >= 0.6 is 0 Å². The van der Waals surface area contributed by atoms with Crippen LogP contribution in [0.3, 0.4) is 0 Å². The third-order valence-corrected chi connectivity index (χ3v) is 7.67. The molecule has 1 N–H and O–H groups in total. The Hall–Kier alpha value is -2.72. The van der Waals surface area contributed by atoms with Crippen LogP contribution in [0.5, 0.6) is 0 Å². The number of ether oxygens (including phenoxy) is 1. The summed E-state index contributed by atoms with van der Waals surface area (Å²) in [5, 5.41) is 6.31. The van der Waals surface area contributed by atoms with Crippen molar-refractivity contribution < 1.29 is 27.3 Å². The van der Waals surface area contributed by atoms with Gasteiger partial charge in [0.05, 0.1) is 10.5 Å². The fourth-order valence-electron chi connectivity index (χ4n) is 3.81. The first-order valence-electron chi connectivity index (χ1n) is 11.3. The van der Waals surface area contributed by atoms with Gasteiger partial charge in [-0.15, -0.1) is 0 Å². The van der Waals surface area contributed by atoms with Crippen molar-refractivity contribution in [2.45, 2.75) is 76.3 Å². The number of nitrogens with one attached hydrogen (secondary N) is 1. The molecule has 0 spiro atoms. The van der Waals surface area contributed by atoms with Gasteiger partial charge in [-0.05, 0) is 57.7 Å². The zero-order valence-corrected chi connectivity index (χ0v) is 20.1. The Bertz CT molecular complexity index is 1080. The molecule has 1 aliphatic rings. The molecule has 1 aliphatic heterocycles. The lowest BCUT2D eigenvalue weighted by Gasteiger charge is -2.32. The zero-order valence-electron chi connectivity index (χ0n) is 19.2. The van der Waals surface area contributed by atoms with E-state index in [9.17, 15) is 18.0 Å². The van der Waals surface area contributed by atoms with Crippen molar-refractivity contribution >= 4 is 27.7 Å². The molecule has 0 saturated carbocycles. The lowest BCUT2D eigenvalue weighted by atomic mass is 10.1. The number of hydrogen-bond donors (Lipinski definition) is 1. The maximum atomic E-state index is 13.1. The van der Waals surface area contributed by atoms with Gasteiger partial charge in [0.1, 0.15) is 5.76 Å². The van der Waals surface area contributed by atoms with E-state index in [1.54, 1.807) is 13.0 Å². The highest BCUT2D eigenvalue weighted by atomic mass is 32.2. The van der Waals surface area contributed by atoms with E-state index in [1.807, 2.05) is 13.8 Å². The molecule has 0 bridgehead atoms. The molecule has 1 fully saturated rings. The van der Waals surface area contributed by atoms with Crippen LogP contribution in [-0.2, 0) is 19.6 Å². The number of anilines is 1. The second-order valence-electron chi connectivity index (χ2n) is 8.34. The van der Waals surface area contributed by atoms with Gasteiger partial charge in [-0.1, -0.05) is 31.0 Å². The van der Waals surface area contributed by atoms with Gasteiger partial charge < -0.3 is 14.6 Å². The normalized spacial score (nSPS) is 18.0. The molecular formula is C23H31N3O6S. The van der Waals surface area contributed by atoms with E-state index < -0.39 is 28.0 Å². The van der Waals surface area contributed by atoms with Gasteiger partial charge in [0.15, 0.2) is 11.9 Å². The number of aryl methyl sites for hydroxylation is 1. The number of esters is 1. The summed E-state index contributed by atoms with van der Waals surface area (Å²) in [6.07, 6.45) is 3.38. The Morgan fingerprint density at radius 1 is 1.30 bits per heavy atom. The molecule has 10 heteroatoms. The molecule has 0 aliphatic carbocycles. The van der Waals surface area contributed by atoms with Crippen molar-refractivity contribution in [3.8, 4) is 0 Å². The van der Waals surface area contributed by atoms with Crippen molar-refractivity contribution in [2.75, 3.05) is 11.9 Å². The van der Waals surface area contributed by atoms with Crippen LogP contribution in [-0.4, -0.2) is 48.4 Å². The topological polar surface area (TPSA) is 119 Å². The number of benzene rings is 1. The van der Waals surface area contributed by atoms with Gasteiger partial charge in [0, 0.05) is 18.7 Å². The minimum Gasteiger partial charge on any atom is -0.449 e.